The van der Waals surface area contributed by atoms with Gasteiger partial charge in [-0.05, 0) is 27.8 Å². The lowest BCUT2D eigenvalue weighted by atomic mass is 10.1. The first-order chi connectivity index (χ1) is 9.86. The number of likely N-dealkylation sites (N-methyl/N-ethyl adjacent to an activating group) is 1. The molecule has 0 bridgehead atoms. The second kappa shape index (κ2) is 4.84. The summed E-state index contributed by atoms with van der Waals surface area (Å²) in [6.07, 6.45) is 1.60. The van der Waals surface area contributed by atoms with E-state index in [-0.39, 0.29) is 11.1 Å². The van der Waals surface area contributed by atoms with Crippen LogP contribution in [0.15, 0.2) is 11.0 Å². The summed E-state index contributed by atoms with van der Waals surface area (Å²) in [4.78, 5) is 24.2. The molecule has 114 valence electrons. The molecule has 1 aliphatic heterocycles. The van der Waals surface area contributed by atoms with E-state index in [1.54, 1.807) is 6.20 Å². The summed E-state index contributed by atoms with van der Waals surface area (Å²) in [6, 6.07) is 0. The molecule has 1 aliphatic rings. The summed E-state index contributed by atoms with van der Waals surface area (Å²) in [7, 11) is 2.10. The molecular formula is C14H22N6O. The van der Waals surface area contributed by atoms with Crippen molar-refractivity contribution in [1.29, 1.82) is 0 Å². The first kappa shape index (κ1) is 14.1. The zero-order valence-corrected chi connectivity index (χ0v) is 13.1. The van der Waals surface area contributed by atoms with Crippen LogP contribution in [0.5, 0.6) is 0 Å². The number of aromatic nitrogens is 4. The summed E-state index contributed by atoms with van der Waals surface area (Å²) >= 11 is 0. The Morgan fingerprint density at radius 3 is 2.48 bits per heavy atom. The van der Waals surface area contributed by atoms with E-state index in [2.05, 4.69) is 52.7 Å². The van der Waals surface area contributed by atoms with Gasteiger partial charge in [-0.1, -0.05) is 0 Å². The van der Waals surface area contributed by atoms with Crippen LogP contribution < -0.4 is 10.5 Å². The molecule has 1 fully saturated rings. The van der Waals surface area contributed by atoms with Gasteiger partial charge in [-0.15, -0.1) is 0 Å². The van der Waals surface area contributed by atoms with Crippen molar-refractivity contribution in [3.05, 3.63) is 16.6 Å². The molecule has 21 heavy (non-hydrogen) atoms. The fraction of sp³-hybridized carbons (Fsp3) is 0.643. The minimum Gasteiger partial charge on any atom is -0.340 e. The highest BCUT2D eigenvalue weighted by Gasteiger charge is 2.22. The lowest BCUT2D eigenvalue weighted by molar-refractivity contribution is 0.311. The number of aromatic amines is 1. The Balaban J connectivity index is 2.07. The van der Waals surface area contributed by atoms with Crippen LogP contribution in [0.1, 0.15) is 20.8 Å². The average molecular weight is 290 g/mol. The average Bonchev–Trinajstić information content (AvgIpc) is 2.83. The van der Waals surface area contributed by atoms with Gasteiger partial charge in [0.2, 0.25) is 5.95 Å². The van der Waals surface area contributed by atoms with Gasteiger partial charge in [0, 0.05) is 26.2 Å². The first-order valence-electron chi connectivity index (χ1n) is 7.28. The van der Waals surface area contributed by atoms with Gasteiger partial charge < -0.3 is 9.80 Å². The Bertz CT molecular complexity index is 702. The summed E-state index contributed by atoms with van der Waals surface area (Å²) in [6.45, 7) is 9.84. The molecule has 3 heterocycles. The maximum atomic E-state index is 12.3. The number of hydrogen-bond donors (Lipinski definition) is 1. The molecule has 1 N–H and O–H groups in total. The number of piperazine rings is 1. The van der Waals surface area contributed by atoms with Crippen molar-refractivity contribution in [2.45, 2.75) is 26.3 Å². The van der Waals surface area contributed by atoms with Crippen molar-refractivity contribution >= 4 is 17.0 Å². The maximum Gasteiger partial charge on any atom is 0.263 e. The molecule has 0 aromatic carbocycles. The van der Waals surface area contributed by atoms with Gasteiger partial charge in [0.05, 0.1) is 11.7 Å². The van der Waals surface area contributed by atoms with E-state index in [9.17, 15) is 4.79 Å². The summed E-state index contributed by atoms with van der Waals surface area (Å²) < 4.78 is 1.82. The van der Waals surface area contributed by atoms with E-state index in [1.165, 1.54) is 0 Å². The highest BCUT2D eigenvalue weighted by atomic mass is 16.1. The van der Waals surface area contributed by atoms with E-state index in [0.717, 1.165) is 26.2 Å². The van der Waals surface area contributed by atoms with Crippen LogP contribution >= 0.6 is 0 Å². The second-order valence-corrected chi connectivity index (χ2v) is 6.64. The van der Waals surface area contributed by atoms with Crippen molar-refractivity contribution in [2.24, 2.45) is 0 Å². The highest BCUT2D eigenvalue weighted by molar-refractivity contribution is 5.74. The molecular weight excluding hydrogens is 268 g/mol. The Labute approximate surface area is 123 Å². The van der Waals surface area contributed by atoms with E-state index < -0.39 is 0 Å². The van der Waals surface area contributed by atoms with Crippen molar-refractivity contribution in [3.63, 3.8) is 0 Å². The molecule has 2 aromatic heterocycles. The predicted octanol–water partition coefficient (Wildman–Crippen LogP) is 0.626. The Kier molecular flexibility index (Phi) is 3.24. The summed E-state index contributed by atoms with van der Waals surface area (Å²) in [5.74, 6) is 0.645. The Morgan fingerprint density at radius 1 is 1.19 bits per heavy atom. The van der Waals surface area contributed by atoms with Gasteiger partial charge in [0.1, 0.15) is 5.39 Å². The number of anilines is 1. The molecule has 0 saturated carbocycles. The lowest BCUT2D eigenvalue weighted by Crippen LogP contribution is -2.45. The minimum atomic E-state index is -0.206. The minimum absolute atomic E-state index is 0.121. The fourth-order valence-electron chi connectivity index (χ4n) is 2.57. The van der Waals surface area contributed by atoms with Crippen LogP contribution in [0.4, 0.5) is 5.95 Å². The van der Waals surface area contributed by atoms with Crippen LogP contribution in [0.25, 0.3) is 11.0 Å². The summed E-state index contributed by atoms with van der Waals surface area (Å²) in [5.41, 5.74) is 0.326. The van der Waals surface area contributed by atoms with Gasteiger partial charge in [-0.3, -0.25) is 9.78 Å². The third-order valence-corrected chi connectivity index (χ3v) is 3.86. The third kappa shape index (κ3) is 2.53. The van der Waals surface area contributed by atoms with Gasteiger partial charge in [-0.2, -0.15) is 10.1 Å². The molecule has 2 aromatic rings. The topological polar surface area (TPSA) is 70.1 Å². The Hall–Kier alpha value is -1.89. The molecule has 7 heteroatoms. The monoisotopic (exact) mass is 290 g/mol. The zero-order valence-electron chi connectivity index (χ0n) is 13.1. The number of H-pyrrole nitrogens is 1. The van der Waals surface area contributed by atoms with Gasteiger partial charge in [0.25, 0.3) is 5.56 Å². The molecule has 0 amide bonds. The van der Waals surface area contributed by atoms with Crippen molar-refractivity contribution in [1.82, 2.24) is 24.6 Å². The molecule has 3 rings (SSSR count). The van der Waals surface area contributed by atoms with Crippen LogP contribution in [-0.4, -0.2) is 57.9 Å². The highest BCUT2D eigenvalue weighted by Crippen LogP contribution is 2.20. The van der Waals surface area contributed by atoms with Crippen molar-refractivity contribution in [2.75, 3.05) is 38.1 Å². The van der Waals surface area contributed by atoms with E-state index in [0.29, 0.717) is 17.0 Å². The van der Waals surface area contributed by atoms with Crippen molar-refractivity contribution < 1.29 is 0 Å². The second-order valence-electron chi connectivity index (χ2n) is 6.64. The van der Waals surface area contributed by atoms with Gasteiger partial charge >= 0.3 is 0 Å². The standard InChI is InChI=1S/C14H22N6O/c1-14(2,3)20-11-10(9-15-20)12(21)17-13(16-11)19-7-5-18(4)6-8-19/h9H,5-8H2,1-4H3,(H,16,17,21). The zero-order chi connectivity index (χ0) is 15.2. The van der Waals surface area contributed by atoms with E-state index in [4.69, 9.17) is 0 Å². The van der Waals surface area contributed by atoms with Gasteiger partial charge in [-0.25, -0.2) is 4.68 Å². The van der Waals surface area contributed by atoms with Gasteiger partial charge in [0.15, 0.2) is 5.65 Å². The fourth-order valence-corrected chi connectivity index (χ4v) is 2.57. The SMILES string of the molecule is CN1CCN(c2nc3c(cnn3C(C)(C)C)c(=O)[nH]2)CC1. The molecule has 7 nitrogen and oxygen atoms in total. The molecule has 0 atom stereocenters. The summed E-state index contributed by atoms with van der Waals surface area (Å²) in [5, 5.41) is 4.88. The maximum absolute atomic E-state index is 12.3. The smallest absolute Gasteiger partial charge is 0.263 e. The number of fused-ring (bicyclic) bond motifs is 1. The van der Waals surface area contributed by atoms with Crippen LogP contribution in [0, 0.1) is 0 Å². The number of hydrogen-bond acceptors (Lipinski definition) is 5. The number of nitrogens with zero attached hydrogens (tertiary/aromatic N) is 5. The van der Waals surface area contributed by atoms with Crippen LogP contribution in [-0.2, 0) is 5.54 Å². The normalized spacial score (nSPS) is 17.6. The van der Waals surface area contributed by atoms with Crippen LogP contribution in [0.3, 0.4) is 0 Å². The van der Waals surface area contributed by atoms with E-state index in [1.807, 2.05) is 4.68 Å². The quantitative estimate of drug-likeness (QED) is 0.834. The lowest BCUT2D eigenvalue weighted by Gasteiger charge is -2.32. The van der Waals surface area contributed by atoms with Crippen LogP contribution in [0.2, 0.25) is 0 Å². The molecule has 0 spiro atoms. The predicted molar refractivity (Wildman–Crippen MR) is 82.9 cm³/mol. The molecule has 0 aliphatic carbocycles. The van der Waals surface area contributed by atoms with Crippen molar-refractivity contribution in [3.8, 4) is 0 Å². The van der Waals surface area contributed by atoms with E-state index >= 15 is 0 Å². The largest absolute Gasteiger partial charge is 0.340 e. The first-order valence-corrected chi connectivity index (χ1v) is 7.28. The Morgan fingerprint density at radius 2 is 1.86 bits per heavy atom. The number of rotatable bonds is 1. The number of nitrogens with one attached hydrogen (secondary N) is 1. The molecule has 0 unspecified atom stereocenters. The molecule has 0 radical (unpaired) electrons. The molecule has 1 saturated heterocycles. The third-order valence-electron chi connectivity index (χ3n) is 3.86.